The fourth-order valence-electron chi connectivity index (χ4n) is 3.15. The fraction of sp³-hybridized carbons (Fsp3) is 0.185. The molecule has 3 aromatic rings. The average molecular weight is 678 g/mol. The van der Waals surface area contributed by atoms with E-state index in [1.54, 1.807) is 12.1 Å². The number of carbonyl (C=O) groups is 1. The number of amides is 1. The summed E-state index contributed by atoms with van der Waals surface area (Å²) in [5, 5.41) is 12.4. The molecule has 0 aliphatic rings. The second kappa shape index (κ2) is 12.8. The van der Waals surface area contributed by atoms with E-state index in [1.807, 2.05) is 67.6 Å². The Morgan fingerprint density at radius 3 is 2.29 bits per heavy atom. The van der Waals surface area contributed by atoms with Gasteiger partial charge in [0.15, 0.2) is 11.5 Å². The van der Waals surface area contributed by atoms with E-state index in [-0.39, 0.29) is 5.57 Å². The maximum Gasteiger partial charge on any atom is 0.266 e. The summed E-state index contributed by atoms with van der Waals surface area (Å²) in [6, 6.07) is 21.4. The molecule has 0 heterocycles. The maximum atomic E-state index is 12.7. The number of anilines is 1. The Morgan fingerprint density at radius 1 is 1.00 bits per heavy atom. The molecule has 0 saturated carbocycles. The molecule has 0 unspecified atom stereocenters. The van der Waals surface area contributed by atoms with Crippen molar-refractivity contribution in [2.45, 2.75) is 26.9 Å². The van der Waals surface area contributed by atoms with Crippen LogP contribution in [0.5, 0.6) is 11.5 Å². The number of nitrogens with one attached hydrogen (secondary N) is 1. The molecule has 3 aromatic carbocycles. The van der Waals surface area contributed by atoms with Gasteiger partial charge in [-0.2, -0.15) is 5.26 Å². The molecular formula is C27H24I2N2O3. The molecule has 7 heteroatoms. The molecule has 0 spiro atoms. The maximum absolute atomic E-state index is 12.7. The third kappa shape index (κ3) is 7.21. The van der Waals surface area contributed by atoms with Gasteiger partial charge in [0.2, 0.25) is 0 Å². The number of nitriles is 1. The Balaban J connectivity index is 1.81. The summed E-state index contributed by atoms with van der Waals surface area (Å²) in [4.78, 5) is 12.7. The van der Waals surface area contributed by atoms with Crippen molar-refractivity contribution in [3.63, 3.8) is 0 Å². The standard InChI is InChI=1S/C27H24I2N2O3/c1-3-18-7-11-23(12-8-18)31-27(32)21(16-30)13-20-14-24(29)26(25(15-20)33-4-2)34-17-19-5-9-22(28)10-6-19/h5-15H,3-4,17H2,1-2H3,(H,31,32)/b21-13+. The summed E-state index contributed by atoms with van der Waals surface area (Å²) in [7, 11) is 0. The Kier molecular flexibility index (Phi) is 9.77. The Labute approximate surface area is 227 Å². The smallest absolute Gasteiger partial charge is 0.266 e. The lowest BCUT2D eigenvalue weighted by Crippen LogP contribution is -2.13. The molecule has 1 amide bonds. The van der Waals surface area contributed by atoms with E-state index >= 15 is 0 Å². The SMILES string of the molecule is CCOc1cc(/C=C(\C#N)C(=O)Nc2ccc(CC)cc2)cc(I)c1OCc1ccc(I)cc1. The summed E-state index contributed by atoms with van der Waals surface area (Å²) < 4.78 is 13.9. The van der Waals surface area contributed by atoms with Crippen LogP contribution < -0.4 is 14.8 Å². The summed E-state index contributed by atoms with van der Waals surface area (Å²) in [6.45, 7) is 4.84. The number of benzene rings is 3. The minimum atomic E-state index is -0.459. The first-order chi connectivity index (χ1) is 16.4. The Hall–Kier alpha value is -2.58. The van der Waals surface area contributed by atoms with E-state index in [4.69, 9.17) is 9.47 Å². The van der Waals surface area contributed by atoms with Crippen LogP contribution in [0.2, 0.25) is 0 Å². The molecule has 0 bridgehead atoms. The van der Waals surface area contributed by atoms with Crippen molar-refractivity contribution in [1.29, 1.82) is 5.26 Å². The number of halogens is 2. The van der Waals surface area contributed by atoms with Gasteiger partial charge in [-0.05, 0) is 118 Å². The summed E-state index contributed by atoms with van der Waals surface area (Å²) in [5.41, 5.74) is 3.56. The summed E-state index contributed by atoms with van der Waals surface area (Å²) in [5.74, 6) is 0.745. The molecule has 0 atom stereocenters. The summed E-state index contributed by atoms with van der Waals surface area (Å²) >= 11 is 4.45. The van der Waals surface area contributed by atoms with Crippen LogP contribution in [0.1, 0.15) is 30.5 Å². The molecule has 0 saturated heterocycles. The van der Waals surface area contributed by atoms with E-state index in [9.17, 15) is 10.1 Å². The van der Waals surface area contributed by atoms with E-state index in [2.05, 4.69) is 57.4 Å². The molecule has 0 aliphatic heterocycles. The zero-order chi connectivity index (χ0) is 24.5. The van der Waals surface area contributed by atoms with Crippen molar-refractivity contribution in [3.05, 3.63) is 90.1 Å². The number of aryl methyl sites for hydroxylation is 1. The number of ether oxygens (including phenoxy) is 2. The number of hydrogen-bond acceptors (Lipinski definition) is 4. The number of hydrogen-bond donors (Lipinski definition) is 1. The molecular weight excluding hydrogens is 654 g/mol. The van der Waals surface area contributed by atoms with Gasteiger partial charge >= 0.3 is 0 Å². The molecule has 0 aliphatic carbocycles. The molecule has 0 aromatic heterocycles. The molecule has 0 radical (unpaired) electrons. The zero-order valence-electron chi connectivity index (χ0n) is 18.9. The topological polar surface area (TPSA) is 71.3 Å². The lowest BCUT2D eigenvalue weighted by Gasteiger charge is -2.15. The van der Waals surface area contributed by atoms with Gasteiger partial charge < -0.3 is 14.8 Å². The monoisotopic (exact) mass is 678 g/mol. The average Bonchev–Trinajstić information content (AvgIpc) is 2.83. The minimum Gasteiger partial charge on any atom is -0.490 e. The highest BCUT2D eigenvalue weighted by molar-refractivity contribution is 14.1. The predicted molar refractivity (Wildman–Crippen MR) is 152 cm³/mol. The van der Waals surface area contributed by atoms with Crippen molar-refractivity contribution < 1.29 is 14.3 Å². The van der Waals surface area contributed by atoms with E-state index in [1.165, 1.54) is 5.56 Å². The molecule has 34 heavy (non-hydrogen) atoms. The fourth-order valence-corrected chi connectivity index (χ4v) is 4.29. The second-order valence-corrected chi connectivity index (χ2v) is 9.76. The van der Waals surface area contributed by atoms with Crippen LogP contribution in [-0.2, 0) is 17.8 Å². The van der Waals surface area contributed by atoms with Gasteiger partial charge in [-0.1, -0.05) is 31.2 Å². The highest BCUT2D eigenvalue weighted by Gasteiger charge is 2.15. The lowest BCUT2D eigenvalue weighted by atomic mass is 10.1. The van der Waals surface area contributed by atoms with Crippen molar-refractivity contribution in [2.24, 2.45) is 0 Å². The zero-order valence-corrected chi connectivity index (χ0v) is 23.2. The third-order valence-electron chi connectivity index (χ3n) is 4.92. The van der Waals surface area contributed by atoms with Crippen LogP contribution in [0, 0.1) is 18.5 Å². The van der Waals surface area contributed by atoms with Crippen LogP contribution in [0.25, 0.3) is 6.08 Å². The highest BCUT2D eigenvalue weighted by Crippen LogP contribution is 2.35. The Bertz CT molecular complexity index is 1210. The molecule has 5 nitrogen and oxygen atoms in total. The minimum absolute atomic E-state index is 0.00498. The van der Waals surface area contributed by atoms with Gasteiger partial charge in [0, 0.05) is 9.26 Å². The van der Waals surface area contributed by atoms with Crippen LogP contribution in [0.4, 0.5) is 5.69 Å². The van der Waals surface area contributed by atoms with E-state index < -0.39 is 5.91 Å². The largest absolute Gasteiger partial charge is 0.490 e. The molecule has 1 N–H and O–H groups in total. The van der Waals surface area contributed by atoms with Gasteiger partial charge in [-0.25, -0.2) is 0 Å². The molecule has 0 fully saturated rings. The first-order valence-electron chi connectivity index (χ1n) is 10.8. The normalized spacial score (nSPS) is 11.0. The first-order valence-corrected chi connectivity index (χ1v) is 12.9. The highest BCUT2D eigenvalue weighted by atomic mass is 127. The third-order valence-corrected chi connectivity index (χ3v) is 6.44. The molecule has 174 valence electrons. The van der Waals surface area contributed by atoms with Gasteiger partial charge in [0.25, 0.3) is 5.91 Å². The van der Waals surface area contributed by atoms with Gasteiger partial charge in [0.1, 0.15) is 18.2 Å². The van der Waals surface area contributed by atoms with Crippen molar-refractivity contribution in [3.8, 4) is 17.6 Å². The number of nitrogens with zero attached hydrogens (tertiary/aromatic N) is 1. The van der Waals surface area contributed by atoms with Crippen molar-refractivity contribution in [1.82, 2.24) is 0 Å². The second-order valence-electron chi connectivity index (χ2n) is 7.35. The van der Waals surface area contributed by atoms with Crippen LogP contribution in [0.15, 0.2) is 66.2 Å². The Morgan fingerprint density at radius 2 is 1.68 bits per heavy atom. The van der Waals surface area contributed by atoms with Gasteiger partial charge in [-0.15, -0.1) is 0 Å². The molecule has 3 rings (SSSR count). The van der Waals surface area contributed by atoms with Gasteiger partial charge in [-0.3, -0.25) is 4.79 Å². The summed E-state index contributed by atoms with van der Waals surface area (Å²) in [6.07, 6.45) is 2.48. The van der Waals surface area contributed by atoms with Crippen molar-refractivity contribution in [2.75, 3.05) is 11.9 Å². The number of rotatable bonds is 9. The van der Waals surface area contributed by atoms with E-state index in [0.29, 0.717) is 36.0 Å². The van der Waals surface area contributed by atoms with Gasteiger partial charge in [0.05, 0.1) is 10.2 Å². The van der Waals surface area contributed by atoms with Crippen LogP contribution >= 0.6 is 45.2 Å². The van der Waals surface area contributed by atoms with Crippen LogP contribution in [0.3, 0.4) is 0 Å². The quantitative estimate of drug-likeness (QED) is 0.151. The van der Waals surface area contributed by atoms with E-state index in [0.717, 1.165) is 19.1 Å². The van der Waals surface area contributed by atoms with Crippen LogP contribution in [-0.4, -0.2) is 12.5 Å². The number of carbonyl (C=O) groups excluding carboxylic acids is 1. The van der Waals surface area contributed by atoms with Crippen molar-refractivity contribution >= 4 is 62.9 Å². The first kappa shape index (κ1) is 26.0. The lowest BCUT2D eigenvalue weighted by molar-refractivity contribution is -0.112. The predicted octanol–water partition coefficient (Wildman–Crippen LogP) is 6.98.